The summed E-state index contributed by atoms with van der Waals surface area (Å²) < 4.78 is 23.7. The molecule has 3 atom stereocenters. The van der Waals surface area contributed by atoms with E-state index in [1.54, 1.807) is 11.8 Å². The molecule has 1 aliphatic rings. The van der Waals surface area contributed by atoms with E-state index in [1.807, 2.05) is 0 Å². The summed E-state index contributed by atoms with van der Waals surface area (Å²) in [5.74, 6) is 2.19. The third-order valence-corrected chi connectivity index (χ3v) is 6.34. The summed E-state index contributed by atoms with van der Waals surface area (Å²) in [6, 6.07) is 0.296. The second-order valence-corrected chi connectivity index (χ2v) is 8.48. The van der Waals surface area contributed by atoms with E-state index in [1.165, 1.54) is 6.26 Å². The van der Waals surface area contributed by atoms with E-state index in [-0.39, 0.29) is 5.37 Å². The minimum Gasteiger partial charge on any atom is -0.317 e. The highest BCUT2D eigenvalue weighted by Gasteiger charge is 2.35. The number of thioether (sulfide) groups is 1. The second kappa shape index (κ2) is 7.12. The smallest absolute Gasteiger partial charge is 0.164 e. The quantitative estimate of drug-likeness (QED) is 0.793. The Balaban J connectivity index is 2.71. The molecule has 108 valence electrons. The minimum atomic E-state index is -2.99. The molecule has 0 aromatic rings. The molecule has 0 aliphatic carbocycles. The fourth-order valence-corrected chi connectivity index (χ4v) is 5.27. The second-order valence-electron chi connectivity index (χ2n) is 5.12. The lowest BCUT2D eigenvalue weighted by molar-refractivity contribution is 0.156. The van der Waals surface area contributed by atoms with Crippen LogP contribution < -0.4 is 5.32 Å². The van der Waals surface area contributed by atoms with Gasteiger partial charge in [-0.3, -0.25) is 4.90 Å². The molecular weight excluding hydrogens is 268 g/mol. The molecule has 0 aromatic carbocycles. The van der Waals surface area contributed by atoms with Gasteiger partial charge in [0.1, 0.15) is 5.37 Å². The largest absolute Gasteiger partial charge is 0.317 e. The molecule has 1 heterocycles. The molecule has 0 radical (unpaired) electrons. The van der Waals surface area contributed by atoms with Gasteiger partial charge in [-0.15, -0.1) is 0 Å². The van der Waals surface area contributed by atoms with Gasteiger partial charge in [0, 0.05) is 30.3 Å². The molecular formula is C12H26N2O2S2. The summed E-state index contributed by atoms with van der Waals surface area (Å²) in [6.07, 6.45) is 1.36. The van der Waals surface area contributed by atoms with Crippen molar-refractivity contribution in [1.82, 2.24) is 10.2 Å². The first kappa shape index (κ1) is 16.3. The summed E-state index contributed by atoms with van der Waals surface area (Å²) in [5, 5.41) is 3.03. The molecule has 1 aliphatic heterocycles. The summed E-state index contributed by atoms with van der Waals surface area (Å²) in [7, 11) is -2.99. The average molecular weight is 294 g/mol. The molecule has 6 heteroatoms. The average Bonchev–Trinajstić information content (AvgIpc) is 2.34. The van der Waals surface area contributed by atoms with Gasteiger partial charge in [-0.2, -0.15) is 11.8 Å². The zero-order valence-electron chi connectivity index (χ0n) is 11.8. The summed E-state index contributed by atoms with van der Waals surface area (Å²) >= 11 is 1.74. The Morgan fingerprint density at radius 1 is 1.44 bits per heavy atom. The fraction of sp³-hybridized carbons (Fsp3) is 1.00. The molecule has 3 unspecified atom stereocenters. The van der Waals surface area contributed by atoms with E-state index in [0.717, 1.165) is 25.4 Å². The van der Waals surface area contributed by atoms with Gasteiger partial charge in [-0.1, -0.05) is 13.8 Å². The molecule has 4 nitrogen and oxygen atoms in total. The van der Waals surface area contributed by atoms with Gasteiger partial charge in [0.2, 0.25) is 0 Å². The van der Waals surface area contributed by atoms with Gasteiger partial charge in [-0.25, -0.2) is 8.42 Å². The van der Waals surface area contributed by atoms with Crippen LogP contribution in [0.5, 0.6) is 0 Å². The van der Waals surface area contributed by atoms with E-state index in [2.05, 4.69) is 31.0 Å². The van der Waals surface area contributed by atoms with Gasteiger partial charge in [0.25, 0.3) is 0 Å². The Bertz CT molecular complexity index is 346. The van der Waals surface area contributed by atoms with Gasteiger partial charge < -0.3 is 5.32 Å². The van der Waals surface area contributed by atoms with Gasteiger partial charge >= 0.3 is 0 Å². The molecule has 0 bridgehead atoms. The SMILES string of the molecule is CCNCC(C)C(C)N1CCSCC1S(C)(=O)=O. The Morgan fingerprint density at radius 3 is 2.67 bits per heavy atom. The molecule has 1 saturated heterocycles. The molecule has 1 N–H and O–H groups in total. The van der Waals surface area contributed by atoms with Crippen molar-refractivity contribution in [2.75, 3.05) is 37.4 Å². The van der Waals surface area contributed by atoms with Crippen molar-refractivity contribution in [2.45, 2.75) is 32.2 Å². The van der Waals surface area contributed by atoms with Crippen LogP contribution in [0.15, 0.2) is 0 Å². The van der Waals surface area contributed by atoms with E-state index in [4.69, 9.17) is 0 Å². The lowest BCUT2D eigenvalue weighted by atomic mass is 10.0. The normalized spacial score (nSPS) is 25.9. The van der Waals surface area contributed by atoms with E-state index < -0.39 is 9.84 Å². The zero-order valence-corrected chi connectivity index (χ0v) is 13.5. The maximum Gasteiger partial charge on any atom is 0.164 e. The summed E-state index contributed by atoms with van der Waals surface area (Å²) in [4.78, 5) is 2.17. The van der Waals surface area contributed by atoms with Crippen molar-refractivity contribution in [3.63, 3.8) is 0 Å². The lowest BCUT2D eigenvalue weighted by Crippen LogP contribution is -2.53. The molecule has 18 heavy (non-hydrogen) atoms. The first-order chi connectivity index (χ1) is 8.38. The molecule has 1 fully saturated rings. The predicted molar refractivity (Wildman–Crippen MR) is 79.8 cm³/mol. The Labute approximate surface area is 116 Å². The number of rotatable bonds is 6. The van der Waals surface area contributed by atoms with Gasteiger partial charge in [-0.05, 0) is 25.9 Å². The summed E-state index contributed by atoms with van der Waals surface area (Å²) in [6.45, 7) is 9.21. The molecule has 0 saturated carbocycles. The number of hydrogen-bond acceptors (Lipinski definition) is 5. The highest BCUT2D eigenvalue weighted by atomic mass is 32.2. The van der Waals surface area contributed by atoms with Crippen LogP contribution in [0.25, 0.3) is 0 Å². The Morgan fingerprint density at radius 2 is 2.11 bits per heavy atom. The van der Waals surface area contributed by atoms with Crippen LogP contribution in [0.1, 0.15) is 20.8 Å². The maximum absolute atomic E-state index is 11.9. The standard InChI is InChI=1S/C12H26N2O2S2/c1-5-13-8-10(2)11(3)14-6-7-17-9-12(14)18(4,15)16/h10-13H,5-9H2,1-4H3. The predicted octanol–water partition coefficient (Wildman–Crippen LogP) is 1.04. The third-order valence-electron chi connectivity index (χ3n) is 3.68. The topological polar surface area (TPSA) is 49.4 Å². The van der Waals surface area contributed by atoms with E-state index >= 15 is 0 Å². The zero-order chi connectivity index (χ0) is 13.8. The minimum absolute atomic E-state index is 0.296. The van der Waals surface area contributed by atoms with E-state index in [9.17, 15) is 8.42 Å². The number of hydrogen-bond donors (Lipinski definition) is 1. The highest BCUT2D eigenvalue weighted by Crippen LogP contribution is 2.25. The van der Waals surface area contributed by atoms with Crippen molar-refractivity contribution in [2.24, 2.45) is 5.92 Å². The number of nitrogens with one attached hydrogen (secondary N) is 1. The summed E-state index contributed by atoms with van der Waals surface area (Å²) in [5.41, 5.74) is 0. The van der Waals surface area contributed by atoms with Crippen molar-refractivity contribution >= 4 is 21.6 Å². The van der Waals surface area contributed by atoms with Gasteiger partial charge in [0.15, 0.2) is 9.84 Å². The van der Waals surface area contributed by atoms with Crippen LogP contribution in [-0.4, -0.2) is 62.1 Å². The molecule has 1 rings (SSSR count). The third kappa shape index (κ3) is 4.40. The Hall–Kier alpha value is 0.220. The number of nitrogens with zero attached hydrogens (tertiary/aromatic N) is 1. The molecule has 0 amide bonds. The first-order valence-electron chi connectivity index (χ1n) is 6.61. The maximum atomic E-state index is 11.9. The Kier molecular flexibility index (Phi) is 6.44. The van der Waals surface area contributed by atoms with Crippen LogP contribution in [0.3, 0.4) is 0 Å². The fourth-order valence-electron chi connectivity index (χ4n) is 2.30. The molecule has 0 aromatic heterocycles. The van der Waals surface area contributed by atoms with Gasteiger partial charge in [0.05, 0.1) is 0 Å². The van der Waals surface area contributed by atoms with Crippen molar-refractivity contribution in [3.05, 3.63) is 0 Å². The number of sulfone groups is 1. The van der Waals surface area contributed by atoms with Crippen LogP contribution in [0, 0.1) is 5.92 Å². The van der Waals surface area contributed by atoms with Crippen LogP contribution in [0.4, 0.5) is 0 Å². The highest BCUT2D eigenvalue weighted by molar-refractivity contribution is 8.00. The lowest BCUT2D eigenvalue weighted by Gasteiger charge is -2.40. The first-order valence-corrected chi connectivity index (χ1v) is 9.72. The van der Waals surface area contributed by atoms with Crippen LogP contribution >= 0.6 is 11.8 Å². The van der Waals surface area contributed by atoms with Crippen LogP contribution in [0.2, 0.25) is 0 Å². The molecule has 0 spiro atoms. The van der Waals surface area contributed by atoms with Crippen LogP contribution in [-0.2, 0) is 9.84 Å². The van der Waals surface area contributed by atoms with Crippen molar-refractivity contribution in [1.29, 1.82) is 0 Å². The van der Waals surface area contributed by atoms with Crippen molar-refractivity contribution < 1.29 is 8.42 Å². The monoisotopic (exact) mass is 294 g/mol. The van der Waals surface area contributed by atoms with Crippen molar-refractivity contribution in [3.8, 4) is 0 Å². The van der Waals surface area contributed by atoms with E-state index in [0.29, 0.717) is 17.7 Å².